The van der Waals surface area contributed by atoms with E-state index in [1.807, 2.05) is 0 Å². The molecule has 1 aromatic carbocycles. The summed E-state index contributed by atoms with van der Waals surface area (Å²) in [7, 11) is 0. The van der Waals surface area contributed by atoms with Crippen molar-refractivity contribution in [3.8, 4) is 0 Å². The highest BCUT2D eigenvalue weighted by Gasteiger charge is 2.27. The van der Waals surface area contributed by atoms with Crippen molar-refractivity contribution in [3.05, 3.63) is 34.9 Å². The Morgan fingerprint density at radius 1 is 1.33 bits per heavy atom. The van der Waals surface area contributed by atoms with E-state index in [1.54, 1.807) is 0 Å². The van der Waals surface area contributed by atoms with Crippen molar-refractivity contribution in [1.29, 1.82) is 0 Å². The molecule has 0 bridgehead atoms. The standard InChI is InChI=1S/C14H21N/c1-10-4-3-5-12(11(10)2)8-9-14(15)13-6-7-13/h3-5,13-14H,6-9,15H2,1-2H3. The Kier molecular flexibility index (Phi) is 3.11. The van der Waals surface area contributed by atoms with Gasteiger partial charge in [0.2, 0.25) is 0 Å². The molecule has 1 aromatic rings. The fourth-order valence-electron chi connectivity index (χ4n) is 2.16. The molecule has 1 saturated carbocycles. The van der Waals surface area contributed by atoms with E-state index in [0.717, 1.165) is 18.8 Å². The largest absolute Gasteiger partial charge is 0.327 e. The molecule has 0 aliphatic heterocycles. The third-order valence-electron chi connectivity index (χ3n) is 3.69. The number of rotatable bonds is 4. The Hall–Kier alpha value is -0.820. The molecule has 15 heavy (non-hydrogen) atoms. The van der Waals surface area contributed by atoms with Gasteiger partial charge in [-0.3, -0.25) is 0 Å². The highest BCUT2D eigenvalue weighted by molar-refractivity contribution is 5.33. The monoisotopic (exact) mass is 203 g/mol. The summed E-state index contributed by atoms with van der Waals surface area (Å²) in [6.07, 6.45) is 5.00. The van der Waals surface area contributed by atoms with Crippen LogP contribution in [0, 0.1) is 19.8 Å². The van der Waals surface area contributed by atoms with E-state index < -0.39 is 0 Å². The fraction of sp³-hybridized carbons (Fsp3) is 0.571. The third-order valence-corrected chi connectivity index (χ3v) is 3.69. The lowest BCUT2D eigenvalue weighted by Gasteiger charge is -2.12. The van der Waals surface area contributed by atoms with Gasteiger partial charge in [0.15, 0.2) is 0 Å². The molecule has 0 aromatic heterocycles. The van der Waals surface area contributed by atoms with Crippen LogP contribution in [0.2, 0.25) is 0 Å². The van der Waals surface area contributed by atoms with Gasteiger partial charge in [-0.05, 0) is 62.1 Å². The smallest absolute Gasteiger partial charge is 0.00703 e. The van der Waals surface area contributed by atoms with E-state index in [9.17, 15) is 0 Å². The zero-order valence-electron chi connectivity index (χ0n) is 9.79. The molecule has 1 aliphatic rings. The number of hydrogen-bond acceptors (Lipinski definition) is 1. The first-order chi connectivity index (χ1) is 7.18. The number of nitrogens with two attached hydrogens (primary N) is 1. The van der Waals surface area contributed by atoms with E-state index in [0.29, 0.717) is 6.04 Å². The lowest BCUT2D eigenvalue weighted by molar-refractivity contribution is 0.549. The van der Waals surface area contributed by atoms with Gasteiger partial charge in [-0.15, -0.1) is 0 Å². The average molecular weight is 203 g/mol. The zero-order chi connectivity index (χ0) is 10.8. The van der Waals surface area contributed by atoms with E-state index >= 15 is 0 Å². The summed E-state index contributed by atoms with van der Waals surface area (Å²) in [6.45, 7) is 4.40. The van der Waals surface area contributed by atoms with E-state index in [2.05, 4.69) is 32.0 Å². The molecule has 0 amide bonds. The predicted molar refractivity (Wildman–Crippen MR) is 64.9 cm³/mol. The molecule has 0 heterocycles. The Labute approximate surface area is 92.7 Å². The van der Waals surface area contributed by atoms with Crippen LogP contribution in [0.5, 0.6) is 0 Å². The minimum Gasteiger partial charge on any atom is -0.327 e. The summed E-state index contributed by atoms with van der Waals surface area (Å²) in [5.41, 5.74) is 10.4. The summed E-state index contributed by atoms with van der Waals surface area (Å²) in [5.74, 6) is 0.829. The van der Waals surface area contributed by atoms with Crippen LogP contribution in [0.15, 0.2) is 18.2 Å². The topological polar surface area (TPSA) is 26.0 Å². The lowest BCUT2D eigenvalue weighted by Crippen LogP contribution is -2.23. The van der Waals surface area contributed by atoms with Crippen molar-refractivity contribution in [2.45, 2.75) is 45.6 Å². The van der Waals surface area contributed by atoms with Gasteiger partial charge >= 0.3 is 0 Å². The van der Waals surface area contributed by atoms with Crippen molar-refractivity contribution in [2.24, 2.45) is 11.7 Å². The van der Waals surface area contributed by atoms with Crippen LogP contribution in [-0.2, 0) is 6.42 Å². The van der Waals surface area contributed by atoms with E-state index in [4.69, 9.17) is 5.73 Å². The molecule has 1 aliphatic carbocycles. The van der Waals surface area contributed by atoms with Crippen molar-refractivity contribution in [2.75, 3.05) is 0 Å². The van der Waals surface area contributed by atoms with Gasteiger partial charge in [-0.2, -0.15) is 0 Å². The molecule has 1 heteroatoms. The molecule has 0 spiro atoms. The molecule has 0 radical (unpaired) electrons. The first kappa shape index (κ1) is 10.7. The highest BCUT2D eigenvalue weighted by atomic mass is 14.7. The Balaban J connectivity index is 1.95. The summed E-state index contributed by atoms with van der Waals surface area (Å²) < 4.78 is 0. The van der Waals surface area contributed by atoms with Gasteiger partial charge in [-0.1, -0.05) is 18.2 Å². The van der Waals surface area contributed by atoms with Crippen LogP contribution in [-0.4, -0.2) is 6.04 Å². The van der Waals surface area contributed by atoms with Crippen LogP contribution >= 0.6 is 0 Å². The molecule has 1 nitrogen and oxygen atoms in total. The Bertz CT molecular complexity index is 339. The molecule has 1 fully saturated rings. The maximum absolute atomic E-state index is 6.11. The van der Waals surface area contributed by atoms with Gasteiger partial charge in [0.1, 0.15) is 0 Å². The van der Waals surface area contributed by atoms with Gasteiger partial charge in [0.25, 0.3) is 0 Å². The first-order valence-electron chi connectivity index (χ1n) is 5.99. The molecule has 1 unspecified atom stereocenters. The Morgan fingerprint density at radius 3 is 2.73 bits per heavy atom. The van der Waals surface area contributed by atoms with E-state index in [-0.39, 0.29) is 0 Å². The maximum atomic E-state index is 6.11. The van der Waals surface area contributed by atoms with Crippen molar-refractivity contribution in [1.82, 2.24) is 0 Å². The van der Waals surface area contributed by atoms with Gasteiger partial charge in [-0.25, -0.2) is 0 Å². The van der Waals surface area contributed by atoms with E-state index in [1.165, 1.54) is 29.5 Å². The molecule has 2 rings (SSSR count). The van der Waals surface area contributed by atoms with Gasteiger partial charge < -0.3 is 5.73 Å². The first-order valence-corrected chi connectivity index (χ1v) is 5.99. The molecule has 82 valence electrons. The highest BCUT2D eigenvalue weighted by Crippen LogP contribution is 2.33. The number of aryl methyl sites for hydroxylation is 2. The van der Waals surface area contributed by atoms with Crippen LogP contribution < -0.4 is 5.73 Å². The molecular weight excluding hydrogens is 182 g/mol. The van der Waals surface area contributed by atoms with Crippen LogP contribution in [0.1, 0.15) is 36.0 Å². The lowest BCUT2D eigenvalue weighted by atomic mass is 9.97. The number of benzene rings is 1. The predicted octanol–water partition coefficient (Wildman–Crippen LogP) is 2.97. The SMILES string of the molecule is Cc1cccc(CCC(N)C2CC2)c1C. The molecule has 2 N–H and O–H groups in total. The second-order valence-corrected chi connectivity index (χ2v) is 4.90. The maximum Gasteiger partial charge on any atom is 0.00703 e. The summed E-state index contributed by atoms with van der Waals surface area (Å²) >= 11 is 0. The summed E-state index contributed by atoms with van der Waals surface area (Å²) in [4.78, 5) is 0. The number of hydrogen-bond donors (Lipinski definition) is 1. The molecular formula is C14H21N. The summed E-state index contributed by atoms with van der Waals surface area (Å²) in [6, 6.07) is 7.01. The third kappa shape index (κ3) is 2.60. The van der Waals surface area contributed by atoms with Crippen LogP contribution in [0.25, 0.3) is 0 Å². The van der Waals surface area contributed by atoms with Crippen LogP contribution in [0.3, 0.4) is 0 Å². The molecule has 0 saturated heterocycles. The van der Waals surface area contributed by atoms with Crippen LogP contribution in [0.4, 0.5) is 0 Å². The minimum absolute atomic E-state index is 0.435. The second kappa shape index (κ2) is 4.36. The second-order valence-electron chi connectivity index (χ2n) is 4.90. The molecule has 1 atom stereocenters. The Morgan fingerprint density at radius 2 is 2.07 bits per heavy atom. The fourth-order valence-corrected chi connectivity index (χ4v) is 2.16. The van der Waals surface area contributed by atoms with Crippen molar-refractivity contribution >= 4 is 0 Å². The van der Waals surface area contributed by atoms with Crippen molar-refractivity contribution < 1.29 is 0 Å². The average Bonchev–Trinajstić information content (AvgIpc) is 3.03. The normalized spacial score (nSPS) is 17.8. The van der Waals surface area contributed by atoms with Crippen molar-refractivity contribution in [3.63, 3.8) is 0 Å². The quantitative estimate of drug-likeness (QED) is 0.800. The summed E-state index contributed by atoms with van der Waals surface area (Å²) in [5, 5.41) is 0. The van der Waals surface area contributed by atoms with Gasteiger partial charge in [0.05, 0.1) is 0 Å². The van der Waals surface area contributed by atoms with Gasteiger partial charge in [0, 0.05) is 6.04 Å². The minimum atomic E-state index is 0.435. The zero-order valence-corrected chi connectivity index (χ0v) is 9.79.